The zero-order valence-corrected chi connectivity index (χ0v) is 19.0. The minimum absolute atomic E-state index is 0.00440. The molecule has 1 atom stereocenters. The topological polar surface area (TPSA) is 144 Å². The van der Waals surface area contributed by atoms with Gasteiger partial charge in [0.1, 0.15) is 5.75 Å². The Balaban J connectivity index is 1.65. The maximum absolute atomic E-state index is 13.2. The van der Waals surface area contributed by atoms with Gasteiger partial charge in [-0.1, -0.05) is 23.7 Å². The van der Waals surface area contributed by atoms with Gasteiger partial charge in [-0.25, -0.2) is 24.1 Å². The Morgan fingerprint density at radius 2 is 1.69 bits per heavy atom. The summed E-state index contributed by atoms with van der Waals surface area (Å²) in [5, 5.41) is 22.4. The quantitative estimate of drug-likeness (QED) is 0.315. The van der Waals surface area contributed by atoms with E-state index in [-0.39, 0.29) is 18.5 Å². The number of ether oxygens (including phenoxy) is 1. The molecule has 0 aliphatic rings. The number of hydrogen-bond donors (Lipinski definition) is 3. The molecule has 0 bridgehead atoms. The summed E-state index contributed by atoms with van der Waals surface area (Å²) in [6.07, 6.45) is 1.84. The predicted octanol–water partition coefficient (Wildman–Crippen LogP) is 1.79. The molecule has 0 spiro atoms. The van der Waals surface area contributed by atoms with Crippen molar-refractivity contribution in [3.63, 3.8) is 0 Å². The van der Waals surface area contributed by atoms with Crippen LogP contribution < -0.4 is 21.4 Å². The molecule has 0 unspecified atom stereocenters. The van der Waals surface area contributed by atoms with Crippen LogP contribution in [0.25, 0.3) is 0 Å². The van der Waals surface area contributed by atoms with E-state index in [1.54, 1.807) is 67.0 Å². The highest BCUT2D eigenvalue weighted by atomic mass is 35.5. The minimum Gasteiger partial charge on any atom is -0.424 e. The molecule has 0 saturated carbocycles. The van der Waals surface area contributed by atoms with Crippen molar-refractivity contribution in [3.05, 3.63) is 98.5 Å². The second kappa shape index (κ2) is 10.9. The first-order valence-electron chi connectivity index (χ1n) is 10.5. The number of benzene rings is 2. The predicted molar refractivity (Wildman–Crippen MR) is 128 cm³/mol. The van der Waals surface area contributed by atoms with E-state index >= 15 is 0 Å². The highest BCUT2D eigenvalue weighted by Gasteiger charge is 2.16. The number of aromatic nitrogens is 5. The summed E-state index contributed by atoms with van der Waals surface area (Å²) in [4.78, 5) is 37.7. The maximum Gasteiger partial charge on any atom is 0.355 e. The van der Waals surface area contributed by atoms with Gasteiger partial charge in [0.05, 0.1) is 25.8 Å². The molecule has 0 amide bonds. The molecule has 2 heterocycles. The number of hydrogen-bond acceptors (Lipinski definition) is 9. The largest absolute Gasteiger partial charge is 0.424 e. The molecule has 2 aromatic carbocycles. The number of halogens is 1. The van der Waals surface area contributed by atoms with E-state index in [1.807, 2.05) is 0 Å². The van der Waals surface area contributed by atoms with Crippen LogP contribution >= 0.6 is 11.6 Å². The Morgan fingerprint density at radius 1 is 1.00 bits per heavy atom. The summed E-state index contributed by atoms with van der Waals surface area (Å²) < 4.78 is 7.61. The van der Waals surface area contributed by atoms with Crippen molar-refractivity contribution in [1.82, 2.24) is 24.1 Å². The Kier molecular flexibility index (Phi) is 7.51. The van der Waals surface area contributed by atoms with Crippen LogP contribution in [0.5, 0.6) is 11.8 Å². The van der Waals surface area contributed by atoms with Crippen LogP contribution in [-0.2, 0) is 13.1 Å². The standard InChI is InChI=1S/C23H21ClN6O5/c24-16-4-2-15(3-5-16)12-29-20(28-22(33)30(23(29)34)13-18(32)14-31)27-17-6-8-19(9-7-17)35-21-25-10-1-11-26-21/h1-11,18,31-32H,12-14H2,(H,27,28,33)/t18-/m0/s1. The van der Waals surface area contributed by atoms with Crippen molar-refractivity contribution in [2.24, 2.45) is 0 Å². The summed E-state index contributed by atoms with van der Waals surface area (Å²) in [6.45, 7) is -0.922. The summed E-state index contributed by atoms with van der Waals surface area (Å²) >= 11 is 5.96. The molecule has 180 valence electrons. The van der Waals surface area contributed by atoms with Crippen molar-refractivity contribution in [1.29, 1.82) is 0 Å². The van der Waals surface area contributed by atoms with E-state index in [2.05, 4.69) is 20.3 Å². The first kappa shape index (κ1) is 24.1. The monoisotopic (exact) mass is 496 g/mol. The van der Waals surface area contributed by atoms with Gasteiger partial charge in [0.2, 0.25) is 5.95 Å². The van der Waals surface area contributed by atoms with Crippen LogP contribution in [0.4, 0.5) is 11.6 Å². The lowest BCUT2D eigenvalue weighted by Gasteiger charge is -2.17. The third kappa shape index (κ3) is 6.09. The molecule has 0 radical (unpaired) electrons. The van der Waals surface area contributed by atoms with Crippen LogP contribution in [0.1, 0.15) is 5.56 Å². The van der Waals surface area contributed by atoms with Gasteiger partial charge in [-0.15, -0.1) is 0 Å². The van der Waals surface area contributed by atoms with Crippen LogP contribution in [0.3, 0.4) is 0 Å². The number of rotatable bonds is 9. The third-order valence-electron chi connectivity index (χ3n) is 4.87. The summed E-state index contributed by atoms with van der Waals surface area (Å²) in [6, 6.07) is 15.4. The summed E-state index contributed by atoms with van der Waals surface area (Å²) in [5.74, 6) is 0.492. The van der Waals surface area contributed by atoms with Gasteiger partial charge in [-0.2, -0.15) is 4.98 Å². The molecule has 0 aliphatic carbocycles. The van der Waals surface area contributed by atoms with E-state index in [9.17, 15) is 14.7 Å². The zero-order valence-electron chi connectivity index (χ0n) is 18.3. The Bertz CT molecular complexity index is 1390. The highest BCUT2D eigenvalue weighted by molar-refractivity contribution is 6.30. The Hall–Kier alpha value is -4.06. The van der Waals surface area contributed by atoms with Crippen molar-refractivity contribution < 1.29 is 14.9 Å². The van der Waals surface area contributed by atoms with Crippen molar-refractivity contribution in [2.45, 2.75) is 19.2 Å². The maximum atomic E-state index is 13.2. The molecular weight excluding hydrogens is 476 g/mol. The van der Waals surface area contributed by atoms with Crippen molar-refractivity contribution in [2.75, 3.05) is 11.9 Å². The molecule has 2 aromatic heterocycles. The van der Waals surface area contributed by atoms with E-state index in [1.165, 1.54) is 4.57 Å². The van der Waals surface area contributed by atoms with E-state index in [0.717, 1.165) is 10.1 Å². The van der Waals surface area contributed by atoms with Gasteiger partial charge in [-0.3, -0.25) is 4.57 Å². The average molecular weight is 497 g/mol. The third-order valence-corrected chi connectivity index (χ3v) is 5.12. The molecular formula is C23H21ClN6O5. The van der Waals surface area contributed by atoms with Gasteiger partial charge in [-0.05, 0) is 48.0 Å². The smallest absolute Gasteiger partial charge is 0.355 e. The van der Waals surface area contributed by atoms with Crippen molar-refractivity contribution in [3.8, 4) is 11.8 Å². The SMILES string of the molecule is O=c1nc(Nc2ccc(Oc3ncccn3)cc2)n(Cc2ccc(Cl)cc2)c(=O)n1C[C@H](O)CO. The molecule has 35 heavy (non-hydrogen) atoms. The van der Waals surface area contributed by atoms with Gasteiger partial charge in [0.15, 0.2) is 0 Å². The van der Waals surface area contributed by atoms with Crippen LogP contribution in [0.15, 0.2) is 76.6 Å². The van der Waals surface area contributed by atoms with E-state index < -0.39 is 30.6 Å². The van der Waals surface area contributed by atoms with Gasteiger partial charge in [0, 0.05) is 23.1 Å². The second-order valence-electron chi connectivity index (χ2n) is 7.44. The summed E-state index contributed by atoms with van der Waals surface area (Å²) in [5.41, 5.74) is -0.286. The molecule has 4 aromatic rings. The second-order valence-corrected chi connectivity index (χ2v) is 7.88. The number of anilines is 2. The molecule has 12 heteroatoms. The first-order valence-corrected chi connectivity index (χ1v) is 10.9. The first-order chi connectivity index (χ1) is 16.9. The van der Waals surface area contributed by atoms with E-state index in [0.29, 0.717) is 16.5 Å². The van der Waals surface area contributed by atoms with Gasteiger partial charge >= 0.3 is 17.4 Å². The van der Waals surface area contributed by atoms with Crippen molar-refractivity contribution >= 4 is 23.2 Å². The number of nitrogens with zero attached hydrogens (tertiary/aromatic N) is 5. The number of nitrogens with one attached hydrogen (secondary N) is 1. The molecule has 0 fully saturated rings. The Morgan fingerprint density at radius 3 is 2.34 bits per heavy atom. The molecule has 0 aliphatic heterocycles. The van der Waals surface area contributed by atoms with Crippen LogP contribution in [-0.4, -0.2) is 47.0 Å². The van der Waals surface area contributed by atoms with Gasteiger partial charge in [0.25, 0.3) is 0 Å². The fraction of sp³-hybridized carbons (Fsp3) is 0.174. The average Bonchev–Trinajstić information content (AvgIpc) is 2.87. The summed E-state index contributed by atoms with van der Waals surface area (Å²) in [7, 11) is 0. The van der Waals surface area contributed by atoms with Crippen LogP contribution in [0.2, 0.25) is 5.02 Å². The minimum atomic E-state index is -1.29. The lowest BCUT2D eigenvalue weighted by molar-refractivity contribution is 0.0785. The van der Waals surface area contributed by atoms with Crippen LogP contribution in [0, 0.1) is 0 Å². The fourth-order valence-electron chi connectivity index (χ4n) is 3.14. The molecule has 3 N–H and O–H groups in total. The lowest BCUT2D eigenvalue weighted by atomic mass is 10.2. The molecule has 11 nitrogen and oxygen atoms in total. The normalized spacial score (nSPS) is 11.7. The zero-order chi connectivity index (χ0) is 24.8. The molecule has 0 saturated heterocycles. The fourth-order valence-corrected chi connectivity index (χ4v) is 3.27. The lowest BCUT2D eigenvalue weighted by Crippen LogP contribution is -2.45. The number of aliphatic hydroxyl groups is 2. The Labute approximate surface area is 203 Å². The van der Waals surface area contributed by atoms with E-state index in [4.69, 9.17) is 21.4 Å². The molecule has 4 rings (SSSR count). The van der Waals surface area contributed by atoms with Gasteiger partial charge < -0.3 is 20.3 Å². The number of aliphatic hydroxyl groups excluding tert-OH is 2. The highest BCUT2D eigenvalue weighted by Crippen LogP contribution is 2.22.